The van der Waals surface area contributed by atoms with E-state index < -0.39 is 0 Å². The van der Waals surface area contributed by atoms with Crippen molar-refractivity contribution in [3.8, 4) is 5.75 Å². The van der Waals surface area contributed by atoms with Gasteiger partial charge in [-0.3, -0.25) is 4.79 Å². The molecule has 0 saturated carbocycles. The zero-order valence-electron chi connectivity index (χ0n) is 12.2. The third-order valence-electron chi connectivity index (χ3n) is 3.09. The molecule has 0 saturated heterocycles. The van der Waals surface area contributed by atoms with Gasteiger partial charge in [0.05, 0.1) is 6.10 Å². The van der Waals surface area contributed by atoms with Gasteiger partial charge in [-0.15, -0.1) is 0 Å². The second-order valence-corrected chi connectivity index (χ2v) is 5.07. The van der Waals surface area contributed by atoms with E-state index in [9.17, 15) is 4.79 Å². The van der Waals surface area contributed by atoms with Crippen LogP contribution in [0.5, 0.6) is 5.75 Å². The molecule has 104 valence electrons. The van der Waals surface area contributed by atoms with Crippen LogP contribution in [0, 0.1) is 0 Å². The molecule has 0 atom stereocenters. The summed E-state index contributed by atoms with van der Waals surface area (Å²) in [6, 6.07) is 15.1. The van der Waals surface area contributed by atoms with E-state index in [1.807, 2.05) is 56.3 Å². The summed E-state index contributed by atoms with van der Waals surface area (Å²) in [6.07, 6.45) is 1.08. The number of hydrogen-bond donors (Lipinski definition) is 0. The van der Waals surface area contributed by atoms with Gasteiger partial charge in [-0.25, -0.2) is 0 Å². The SMILES string of the molecule is CCc1ccc(C(=O)c2cccc(OC(C)C)c2)cc1. The highest BCUT2D eigenvalue weighted by molar-refractivity contribution is 6.09. The molecular formula is C18H20O2. The Kier molecular flexibility index (Phi) is 4.57. The van der Waals surface area contributed by atoms with Crippen LogP contribution in [0.1, 0.15) is 42.3 Å². The van der Waals surface area contributed by atoms with E-state index in [2.05, 4.69) is 6.92 Å². The van der Waals surface area contributed by atoms with Crippen molar-refractivity contribution in [3.63, 3.8) is 0 Å². The van der Waals surface area contributed by atoms with E-state index in [0.29, 0.717) is 11.1 Å². The smallest absolute Gasteiger partial charge is 0.193 e. The molecule has 0 radical (unpaired) electrons. The molecule has 2 nitrogen and oxygen atoms in total. The van der Waals surface area contributed by atoms with E-state index >= 15 is 0 Å². The minimum atomic E-state index is 0.0295. The van der Waals surface area contributed by atoms with Gasteiger partial charge in [0.25, 0.3) is 0 Å². The average molecular weight is 268 g/mol. The van der Waals surface area contributed by atoms with Crippen molar-refractivity contribution in [1.29, 1.82) is 0 Å². The van der Waals surface area contributed by atoms with Gasteiger partial charge in [0.2, 0.25) is 0 Å². The third-order valence-corrected chi connectivity index (χ3v) is 3.09. The summed E-state index contributed by atoms with van der Waals surface area (Å²) in [7, 11) is 0. The van der Waals surface area contributed by atoms with Crippen LogP contribution in [0.2, 0.25) is 0 Å². The van der Waals surface area contributed by atoms with Crippen LogP contribution in [0.3, 0.4) is 0 Å². The highest BCUT2D eigenvalue weighted by atomic mass is 16.5. The largest absolute Gasteiger partial charge is 0.491 e. The Balaban J connectivity index is 2.23. The van der Waals surface area contributed by atoms with Crippen LogP contribution < -0.4 is 4.74 Å². The number of hydrogen-bond acceptors (Lipinski definition) is 2. The summed E-state index contributed by atoms with van der Waals surface area (Å²) < 4.78 is 5.63. The van der Waals surface area contributed by atoms with Gasteiger partial charge >= 0.3 is 0 Å². The van der Waals surface area contributed by atoms with Gasteiger partial charge < -0.3 is 4.74 Å². The first-order valence-electron chi connectivity index (χ1n) is 7.00. The van der Waals surface area contributed by atoms with Gasteiger partial charge in [0.1, 0.15) is 5.75 Å². The van der Waals surface area contributed by atoms with Crippen molar-refractivity contribution in [2.24, 2.45) is 0 Å². The summed E-state index contributed by atoms with van der Waals surface area (Å²) >= 11 is 0. The molecule has 2 heteroatoms. The summed E-state index contributed by atoms with van der Waals surface area (Å²) in [5, 5.41) is 0. The highest BCUT2D eigenvalue weighted by Crippen LogP contribution is 2.18. The molecule has 0 aliphatic rings. The fraction of sp³-hybridized carbons (Fsp3) is 0.278. The number of carbonyl (C=O) groups is 1. The Bertz CT molecular complexity index is 583. The van der Waals surface area contributed by atoms with Gasteiger partial charge in [0, 0.05) is 11.1 Å². The first-order chi connectivity index (χ1) is 9.60. The lowest BCUT2D eigenvalue weighted by molar-refractivity contribution is 0.103. The normalized spacial score (nSPS) is 10.6. The Morgan fingerprint density at radius 1 is 1.05 bits per heavy atom. The van der Waals surface area contributed by atoms with Crippen LogP contribution in [-0.2, 0) is 6.42 Å². The Morgan fingerprint density at radius 3 is 2.35 bits per heavy atom. The van der Waals surface area contributed by atoms with Gasteiger partial charge in [0.15, 0.2) is 5.78 Å². The first kappa shape index (κ1) is 14.3. The van der Waals surface area contributed by atoms with Crippen LogP contribution >= 0.6 is 0 Å². The fourth-order valence-electron chi connectivity index (χ4n) is 2.04. The summed E-state index contributed by atoms with van der Waals surface area (Å²) in [6.45, 7) is 6.04. The molecule has 0 N–H and O–H groups in total. The molecule has 0 aliphatic carbocycles. The zero-order valence-corrected chi connectivity index (χ0v) is 12.2. The van der Waals surface area contributed by atoms with Gasteiger partial charge in [-0.1, -0.05) is 43.3 Å². The molecule has 0 amide bonds. The summed E-state index contributed by atoms with van der Waals surface area (Å²) in [5.74, 6) is 0.762. The number of carbonyl (C=O) groups excluding carboxylic acids is 1. The molecule has 0 aromatic heterocycles. The number of benzene rings is 2. The summed E-state index contributed by atoms with van der Waals surface area (Å²) in [4.78, 5) is 12.4. The topological polar surface area (TPSA) is 26.3 Å². The number of ether oxygens (including phenoxy) is 1. The van der Waals surface area contributed by atoms with Crippen molar-refractivity contribution in [2.75, 3.05) is 0 Å². The predicted molar refractivity (Wildman–Crippen MR) is 81.5 cm³/mol. The maximum atomic E-state index is 12.4. The highest BCUT2D eigenvalue weighted by Gasteiger charge is 2.10. The molecule has 20 heavy (non-hydrogen) atoms. The third kappa shape index (κ3) is 3.47. The van der Waals surface area contributed by atoms with E-state index in [0.717, 1.165) is 12.2 Å². The molecule has 0 fully saturated rings. The van der Waals surface area contributed by atoms with Gasteiger partial charge in [-0.2, -0.15) is 0 Å². The molecule has 0 bridgehead atoms. The molecule has 0 spiro atoms. The van der Waals surface area contributed by atoms with Crippen LogP contribution in [0.4, 0.5) is 0 Å². The Hall–Kier alpha value is -2.09. The monoisotopic (exact) mass is 268 g/mol. The molecular weight excluding hydrogens is 248 g/mol. The lowest BCUT2D eigenvalue weighted by Crippen LogP contribution is -2.07. The maximum absolute atomic E-state index is 12.4. The number of ketones is 1. The van der Waals surface area contributed by atoms with E-state index in [1.165, 1.54) is 5.56 Å². The minimum absolute atomic E-state index is 0.0295. The van der Waals surface area contributed by atoms with Crippen molar-refractivity contribution >= 4 is 5.78 Å². The van der Waals surface area contributed by atoms with Crippen LogP contribution in [0.15, 0.2) is 48.5 Å². The number of aryl methyl sites for hydroxylation is 1. The number of rotatable bonds is 5. The second-order valence-electron chi connectivity index (χ2n) is 5.07. The maximum Gasteiger partial charge on any atom is 0.193 e. The van der Waals surface area contributed by atoms with Crippen LogP contribution in [-0.4, -0.2) is 11.9 Å². The van der Waals surface area contributed by atoms with E-state index in [4.69, 9.17) is 4.74 Å². The first-order valence-corrected chi connectivity index (χ1v) is 7.00. The molecule has 2 aromatic rings. The zero-order chi connectivity index (χ0) is 14.5. The minimum Gasteiger partial charge on any atom is -0.491 e. The Morgan fingerprint density at radius 2 is 1.75 bits per heavy atom. The molecule has 0 heterocycles. The summed E-state index contributed by atoms with van der Waals surface area (Å²) in [5.41, 5.74) is 2.61. The lowest BCUT2D eigenvalue weighted by atomic mass is 10.0. The van der Waals surface area contributed by atoms with E-state index in [-0.39, 0.29) is 11.9 Å². The molecule has 0 unspecified atom stereocenters. The van der Waals surface area contributed by atoms with Crippen molar-refractivity contribution in [3.05, 3.63) is 65.2 Å². The average Bonchev–Trinajstić information content (AvgIpc) is 2.46. The quantitative estimate of drug-likeness (QED) is 0.757. The molecule has 2 rings (SSSR count). The predicted octanol–water partition coefficient (Wildman–Crippen LogP) is 4.27. The van der Waals surface area contributed by atoms with E-state index in [1.54, 1.807) is 6.07 Å². The molecule has 2 aromatic carbocycles. The lowest BCUT2D eigenvalue weighted by Gasteiger charge is -2.10. The fourth-order valence-corrected chi connectivity index (χ4v) is 2.04. The van der Waals surface area contributed by atoms with Gasteiger partial charge in [-0.05, 0) is 38.0 Å². The second kappa shape index (κ2) is 6.38. The van der Waals surface area contributed by atoms with Crippen molar-refractivity contribution in [2.45, 2.75) is 33.3 Å². The standard InChI is InChI=1S/C18H20O2/c1-4-14-8-10-15(11-9-14)18(19)16-6-5-7-17(12-16)20-13(2)3/h5-13H,4H2,1-3H3. The van der Waals surface area contributed by atoms with Crippen LogP contribution in [0.25, 0.3) is 0 Å². The Labute approximate surface area is 120 Å². The van der Waals surface area contributed by atoms with Crippen molar-refractivity contribution in [1.82, 2.24) is 0 Å². The molecule has 0 aliphatic heterocycles. The van der Waals surface area contributed by atoms with Crippen molar-refractivity contribution < 1.29 is 9.53 Å².